The number of nitrogens with one attached hydrogen (secondary N) is 1. The van der Waals surface area contributed by atoms with Gasteiger partial charge < -0.3 is 4.74 Å². The van der Waals surface area contributed by atoms with Crippen LogP contribution >= 0.6 is 11.6 Å². The van der Waals surface area contributed by atoms with Gasteiger partial charge in [-0.1, -0.05) is 29.8 Å². The summed E-state index contributed by atoms with van der Waals surface area (Å²) in [7, 11) is -4.05. The zero-order valence-electron chi connectivity index (χ0n) is 12.8. The first kappa shape index (κ1) is 19.3. The maximum Gasteiger partial charge on any atom is 0.307 e. The van der Waals surface area contributed by atoms with E-state index in [1.807, 2.05) is 0 Å². The molecule has 0 heterocycles. The van der Waals surface area contributed by atoms with Crippen molar-refractivity contribution in [1.29, 1.82) is 0 Å². The van der Waals surface area contributed by atoms with E-state index in [0.29, 0.717) is 22.7 Å². The predicted molar refractivity (Wildman–Crippen MR) is 87.4 cm³/mol. The summed E-state index contributed by atoms with van der Waals surface area (Å²) < 4.78 is 56.9. The number of rotatable bonds is 7. The lowest BCUT2D eigenvalue weighted by atomic mass is 10.2. The summed E-state index contributed by atoms with van der Waals surface area (Å²) in [4.78, 5) is 11.2. The van der Waals surface area contributed by atoms with Crippen LogP contribution in [0, 0.1) is 11.6 Å². The van der Waals surface area contributed by atoms with E-state index in [2.05, 4.69) is 4.72 Å². The Bertz CT molecular complexity index is 874. The van der Waals surface area contributed by atoms with Crippen LogP contribution in [0.15, 0.2) is 47.4 Å². The molecule has 2 rings (SSSR count). The standard InChI is InChI=1S/C16H14ClF2NO4S/c17-13-4-2-1-3-11(13)10-24-16(21)7-8-20-25(22,23)12-5-6-14(18)15(19)9-12/h1-6,9,20H,7-8,10H2. The first-order valence-electron chi connectivity index (χ1n) is 7.13. The van der Waals surface area contributed by atoms with Crippen molar-refractivity contribution in [3.8, 4) is 0 Å². The van der Waals surface area contributed by atoms with Gasteiger partial charge in [-0.15, -0.1) is 0 Å². The molecule has 0 saturated heterocycles. The monoisotopic (exact) mass is 389 g/mol. The molecule has 0 amide bonds. The molecule has 0 fully saturated rings. The Kier molecular flexibility index (Phi) is 6.46. The second-order valence-electron chi connectivity index (χ2n) is 4.98. The van der Waals surface area contributed by atoms with Crippen molar-refractivity contribution in [3.05, 3.63) is 64.7 Å². The van der Waals surface area contributed by atoms with Gasteiger partial charge in [0.15, 0.2) is 11.6 Å². The van der Waals surface area contributed by atoms with E-state index >= 15 is 0 Å². The summed E-state index contributed by atoms with van der Waals surface area (Å²) in [6.07, 6.45) is -0.229. The predicted octanol–water partition coefficient (Wildman–Crippen LogP) is 3.03. The highest BCUT2D eigenvalue weighted by Crippen LogP contribution is 2.16. The fourth-order valence-corrected chi connectivity index (χ4v) is 3.09. The van der Waals surface area contributed by atoms with Crippen LogP contribution in [0.5, 0.6) is 0 Å². The van der Waals surface area contributed by atoms with Gasteiger partial charge in [-0.05, 0) is 24.3 Å². The smallest absolute Gasteiger partial charge is 0.307 e. The van der Waals surface area contributed by atoms with Crippen LogP contribution in [-0.2, 0) is 26.2 Å². The van der Waals surface area contributed by atoms with Crippen LogP contribution in [0.3, 0.4) is 0 Å². The van der Waals surface area contributed by atoms with Gasteiger partial charge in [0, 0.05) is 17.1 Å². The highest BCUT2D eigenvalue weighted by Gasteiger charge is 2.17. The summed E-state index contributed by atoms with van der Waals surface area (Å²) in [5.41, 5.74) is 0.625. The molecule has 5 nitrogen and oxygen atoms in total. The molecule has 0 aromatic heterocycles. The molecule has 2 aromatic carbocycles. The molecule has 2 aromatic rings. The van der Waals surface area contributed by atoms with Crippen molar-refractivity contribution >= 4 is 27.6 Å². The van der Waals surface area contributed by atoms with E-state index in [9.17, 15) is 22.0 Å². The van der Waals surface area contributed by atoms with Gasteiger partial charge in [0.1, 0.15) is 6.61 Å². The molecule has 0 aliphatic heterocycles. The summed E-state index contributed by atoms with van der Waals surface area (Å²) in [5, 5.41) is 0.453. The van der Waals surface area contributed by atoms with Gasteiger partial charge in [0.25, 0.3) is 0 Å². The molecule has 0 radical (unpaired) electrons. The van der Waals surface area contributed by atoms with Crippen molar-refractivity contribution in [2.75, 3.05) is 6.54 Å². The van der Waals surface area contributed by atoms with Crippen LogP contribution in [0.1, 0.15) is 12.0 Å². The van der Waals surface area contributed by atoms with E-state index in [0.717, 1.165) is 6.07 Å². The lowest BCUT2D eigenvalue weighted by Crippen LogP contribution is -2.27. The summed E-state index contributed by atoms with van der Waals surface area (Å²) in [5.74, 6) is -3.06. The molecule has 0 atom stereocenters. The molecule has 9 heteroatoms. The molecule has 1 N–H and O–H groups in total. The highest BCUT2D eigenvalue weighted by atomic mass is 35.5. The average molecular weight is 390 g/mol. The van der Waals surface area contributed by atoms with Crippen LogP contribution in [0.2, 0.25) is 5.02 Å². The molecule has 0 saturated carbocycles. The Balaban J connectivity index is 1.84. The minimum Gasteiger partial charge on any atom is -0.461 e. The van der Waals surface area contributed by atoms with Crippen molar-refractivity contribution in [1.82, 2.24) is 4.72 Å². The second-order valence-corrected chi connectivity index (χ2v) is 7.15. The Morgan fingerprint density at radius 2 is 1.84 bits per heavy atom. The molecular weight excluding hydrogens is 376 g/mol. The van der Waals surface area contributed by atoms with Gasteiger partial charge in [0.05, 0.1) is 11.3 Å². The normalized spacial score (nSPS) is 11.3. The molecule has 0 spiro atoms. The minimum absolute atomic E-state index is 0.0333. The molecule has 25 heavy (non-hydrogen) atoms. The Morgan fingerprint density at radius 3 is 2.52 bits per heavy atom. The number of benzene rings is 2. The molecule has 0 bridgehead atoms. The molecule has 0 aliphatic carbocycles. The second kappa shape index (κ2) is 8.37. The number of halogens is 3. The maximum absolute atomic E-state index is 13.1. The molecule has 0 aliphatic rings. The SMILES string of the molecule is O=C(CCNS(=O)(=O)c1ccc(F)c(F)c1)OCc1ccccc1Cl. The van der Waals surface area contributed by atoms with Crippen molar-refractivity contribution in [3.63, 3.8) is 0 Å². The number of sulfonamides is 1. The Labute approximate surface area is 148 Å². The van der Waals surface area contributed by atoms with Crippen molar-refractivity contribution in [2.24, 2.45) is 0 Å². The Morgan fingerprint density at radius 1 is 1.12 bits per heavy atom. The number of carbonyl (C=O) groups is 1. The number of esters is 1. The first-order chi connectivity index (χ1) is 11.8. The zero-order valence-corrected chi connectivity index (χ0v) is 14.4. The largest absolute Gasteiger partial charge is 0.461 e. The van der Waals surface area contributed by atoms with Gasteiger partial charge in [0.2, 0.25) is 10.0 Å². The van der Waals surface area contributed by atoms with E-state index in [1.54, 1.807) is 24.3 Å². The van der Waals surface area contributed by atoms with E-state index in [1.165, 1.54) is 0 Å². The highest BCUT2D eigenvalue weighted by molar-refractivity contribution is 7.89. The lowest BCUT2D eigenvalue weighted by Gasteiger charge is -2.08. The fraction of sp³-hybridized carbons (Fsp3) is 0.188. The third kappa shape index (κ3) is 5.48. The fourth-order valence-electron chi connectivity index (χ4n) is 1.86. The topological polar surface area (TPSA) is 72.5 Å². The minimum atomic E-state index is -4.05. The first-order valence-corrected chi connectivity index (χ1v) is 8.99. The third-order valence-electron chi connectivity index (χ3n) is 3.17. The molecular formula is C16H14ClF2NO4S. The zero-order chi connectivity index (χ0) is 18.4. The quantitative estimate of drug-likeness (QED) is 0.739. The van der Waals surface area contributed by atoms with Gasteiger partial charge in [-0.25, -0.2) is 21.9 Å². The summed E-state index contributed by atoms with van der Waals surface area (Å²) in [6, 6.07) is 9.03. The van der Waals surface area contributed by atoms with E-state index in [-0.39, 0.29) is 19.6 Å². The van der Waals surface area contributed by atoms with Crippen molar-refractivity contribution < 1.29 is 26.7 Å². The van der Waals surface area contributed by atoms with Crippen molar-refractivity contribution in [2.45, 2.75) is 17.9 Å². The third-order valence-corrected chi connectivity index (χ3v) is 5.00. The van der Waals surface area contributed by atoms with Crippen LogP contribution in [0.25, 0.3) is 0 Å². The van der Waals surface area contributed by atoms with E-state index in [4.69, 9.17) is 16.3 Å². The van der Waals surface area contributed by atoms with Gasteiger partial charge in [-0.3, -0.25) is 4.79 Å². The lowest BCUT2D eigenvalue weighted by molar-refractivity contribution is -0.144. The summed E-state index contributed by atoms with van der Waals surface area (Å²) >= 11 is 5.92. The van der Waals surface area contributed by atoms with Crippen LogP contribution in [0.4, 0.5) is 8.78 Å². The number of hydrogen-bond donors (Lipinski definition) is 1. The Hall–Kier alpha value is -2.03. The number of ether oxygens (including phenoxy) is 1. The molecule has 0 unspecified atom stereocenters. The maximum atomic E-state index is 13.1. The summed E-state index contributed by atoms with van der Waals surface area (Å²) in [6.45, 7) is -0.281. The van der Waals surface area contributed by atoms with E-state index < -0.39 is 32.5 Å². The van der Waals surface area contributed by atoms with Crippen LogP contribution in [-0.4, -0.2) is 20.9 Å². The number of carbonyl (C=O) groups excluding carboxylic acids is 1. The van der Waals surface area contributed by atoms with Gasteiger partial charge in [-0.2, -0.15) is 0 Å². The van der Waals surface area contributed by atoms with Gasteiger partial charge >= 0.3 is 5.97 Å². The number of hydrogen-bond acceptors (Lipinski definition) is 4. The molecule has 134 valence electrons. The van der Waals surface area contributed by atoms with Crippen LogP contribution < -0.4 is 4.72 Å². The average Bonchev–Trinajstić information content (AvgIpc) is 2.56.